The number of nitrogens with zero attached hydrogens (tertiary/aromatic N) is 2. The zero-order valence-electron chi connectivity index (χ0n) is 15.7. The number of rotatable bonds is 4. The summed E-state index contributed by atoms with van der Waals surface area (Å²) in [7, 11) is 0. The predicted octanol–water partition coefficient (Wildman–Crippen LogP) is 3.96. The van der Waals surface area contributed by atoms with Gasteiger partial charge in [0.25, 0.3) is 5.56 Å². The van der Waals surface area contributed by atoms with Crippen molar-refractivity contribution >= 4 is 16.8 Å². The zero-order valence-corrected chi connectivity index (χ0v) is 15.7. The molecule has 0 aliphatic heterocycles. The summed E-state index contributed by atoms with van der Waals surface area (Å²) >= 11 is 0. The third-order valence-corrected chi connectivity index (χ3v) is 6.38. The van der Waals surface area contributed by atoms with Crippen LogP contribution in [-0.2, 0) is 4.79 Å². The molecule has 2 saturated carbocycles. The molecule has 5 nitrogen and oxygen atoms in total. The van der Waals surface area contributed by atoms with Gasteiger partial charge in [0.1, 0.15) is 0 Å². The first kappa shape index (κ1) is 17.2. The van der Waals surface area contributed by atoms with Gasteiger partial charge in [-0.3, -0.25) is 15.0 Å². The number of aromatic nitrogens is 2. The van der Waals surface area contributed by atoms with Crippen LogP contribution in [0.5, 0.6) is 0 Å². The number of fused-ring (bicyclic) bond motifs is 3. The van der Waals surface area contributed by atoms with Crippen molar-refractivity contribution in [1.82, 2.24) is 9.66 Å². The van der Waals surface area contributed by atoms with Crippen molar-refractivity contribution in [2.24, 2.45) is 17.8 Å². The molecule has 2 aliphatic carbocycles. The summed E-state index contributed by atoms with van der Waals surface area (Å²) < 4.78 is 1.33. The molecule has 3 aromatic rings. The van der Waals surface area contributed by atoms with E-state index in [0.29, 0.717) is 35.0 Å². The Labute approximate surface area is 163 Å². The summed E-state index contributed by atoms with van der Waals surface area (Å²) in [6.07, 6.45) is 5.46. The number of para-hydroxylation sites is 1. The average Bonchev–Trinajstić information content (AvgIpc) is 3.34. The molecule has 0 spiro atoms. The normalized spacial score (nSPS) is 23.2. The van der Waals surface area contributed by atoms with Gasteiger partial charge in [-0.25, -0.2) is 4.98 Å². The maximum Gasteiger partial charge on any atom is 0.280 e. The van der Waals surface area contributed by atoms with Gasteiger partial charge in [-0.1, -0.05) is 48.9 Å². The summed E-state index contributed by atoms with van der Waals surface area (Å²) in [5, 5.41) is 0.502. The summed E-state index contributed by atoms with van der Waals surface area (Å²) in [6, 6.07) is 16.8. The molecule has 1 amide bonds. The molecule has 5 heteroatoms. The lowest BCUT2D eigenvalue weighted by Crippen LogP contribution is -2.36. The van der Waals surface area contributed by atoms with Crippen molar-refractivity contribution in [3.8, 4) is 11.4 Å². The van der Waals surface area contributed by atoms with Gasteiger partial charge in [0.15, 0.2) is 5.82 Å². The maximum absolute atomic E-state index is 13.1. The van der Waals surface area contributed by atoms with E-state index >= 15 is 0 Å². The van der Waals surface area contributed by atoms with Crippen LogP contribution in [0.2, 0.25) is 0 Å². The van der Waals surface area contributed by atoms with Crippen molar-refractivity contribution in [2.75, 3.05) is 5.43 Å². The van der Waals surface area contributed by atoms with Crippen LogP contribution < -0.4 is 11.0 Å². The van der Waals surface area contributed by atoms with E-state index in [4.69, 9.17) is 0 Å². The monoisotopic (exact) mass is 373 g/mol. The van der Waals surface area contributed by atoms with E-state index in [-0.39, 0.29) is 11.5 Å². The highest BCUT2D eigenvalue weighted by atomic mass is 16.2. The molecule has 1 N–H and O–H groups in total. The molecule has 2 bridgehead atoms. The third kappa shape index (κ3) is 3.01. The quantitative estimate of drug-likeness (QED) is 0.753. The molecule has 2 aromatic carbocycles. The second-order valence-electron chi connectivity index (χ2n) is 8.13. The van der Waals surface area contributed by atoms with Crippen molar-refractivity contribution in [3.63, 3.8) is 0 Å². The molecule has 1 heterocycles. The standard InChI is InChI=1S/C23H23N3O2/c27-21(14-18-13-15-10-11-17(18)12-15)25-26-22(16-6-2-1-3-7-16)24-20-9-5-4-8-19(20)23(26)28/h1-9,15,17-18H,10-14H2,(H,25,27). The lowest BCUT2D eigenvalue weighted by molar-refractivity contribution is -0.118. The van der Waals surface area contributed by atoms with Crippen molar-refractivity contribution in [1.29, 1.82) is 0 Å². The highest BCUT2D eigenvalue weighted by molar-refractivity contribution is 5.86. The van der Waals surface area contributed by atoms with E-state index in [1.165, 1.54) is 23.9 Å². The molecule has 0 saturated heterocycles. The topological polar surface area (TPSA) is 64.0 Å². The number of amides is 1. The number of carbonyl (C=O) groups excluding carboxylic acids is 1. The number of hydrogen-bond acceptors (Lipinski definition) is 3. The molecular formula is C23H23N3O2. The Morgan fingerprint density at radius 3 is 2.57 bits per heavy atom. The van der Waals surface area contributed by atoms with Crippen molar-refractivity contribution in [3.05, 3.63) is 65.0 Å². The molecule has 142 valence electrons. The summed E-state index contributed by atoms with van der Waals surface area (Å²) in [5.74, 6) is 2.28. The second kappa shape index (κ2) is 6.89. The van der Waals surface area contributed by atoms with Gasteiger partial charge in [-0.2, -0.15) is 4.68 Å². The van der Waals surface area contributed by atoms with Crippen LogP contribution in [0.3, 0.4) is 0 Å². The smallest absolute Gasteiger partial charge is 0.273 e. The van der Waals surface area contributed by atoms with Gasteiger partial charge < -0.3 is 0 Å². The lowest BCUT2D eigenvalue weighted by atomic mass is 9.86. The van der Waals surface area contributed by atoms with Crippen LogP contribution in [0.1, 0.15) is 32.1 Å². The van der Waals surface area contributed by atoms with Crippen molar-refractivity contribution in [2.45, 2.75) is 32.1 Å². The minimum Gasteiger partial charge on any atom is -0.273 e. The SMILES string of the molecule is O=C(CC1CC2CCC1C2)Nn1c(-c2ccccc2)nc2ccccc2c1=O. The van der Waals surface area contributed by atoms with Crippen LogP contribution in [0, 0.1) is 17.8 Å². The van der Waals surface area contributed by atoms with Gasteiger partial charge in [-0.05, 0) is 49.1 Å². The summed E-state index contributed by atoms with van der Waals surface area (Å²) in [5.41, 5.74) is 4.04. The molecule has 3 atom stereocenters. The van der Waals surface area contributed by atoms with E-state index in [2.05, 4.69) is 10.4 Å². The lowest BCUT2D eigenvalue weighted by Gasteiger charge is -2.21. The molecule has 2 fully saturated rings. The fourth-order valence-electron chi connectivity index (χ4n) is 5.05. The van der Waals surface area contributed by atoms with Crippen LogP contribution >= 0.6 is 0 Å². The van der Waals surface area contributed by atoms with Crippen LogP contribution in [-0.4, -0.2) is 15.6 Å². The fraction of sp³-hybridized carbons (Fsp3) is 0.348. The number of benzene rings is 2. The Kier molecular flexibility index (Phi) is 4.23. The molecule has 0 radical (unpaired) electrons. The number of carbonyl (C=O) groups is 1. The highest BCUT2D eigenvalue weighted by Gasteiger charge is 2.40. The molecule has 5 rings (SSSR count). The fourth-order valence-corrected chi connectivity index (χ4v) is 5.05. The van der Waals surface area contributed by atoms with Gasteiger partial charge in [-0.15, -0.1) is 0 Å². The molecular weight excluding hydrogens is 350 g/mol. The summed E-state index contributed by atoms with van der Waals surface area (Å²) in [6.45, 7) is 0. The van der Waals surface area contributed by atoms with Gasteiger partial charge in [0.05, 0.1) is 10.9 Å². The van der Waals surface area contributed by atoms with Crippen LogP contribution in [0.15, 0.2) is 59.4 Å². The van der Waals surface area contributed by atoms with E-state index in [0.717, 1.165) is 17.9 Å². The Morgan fingerprint density at radius 2 is 1.82 bits per heavy atom. The van der Waals surface area contributed by atoms with Crippen LogP contribution in [0.4, 0.5) is 0 Å². The first-order chi connectivity index (χ1) is 13.7. The van der Waals surface area contributed by atoms with Gasteiger partial charge in [0.2, 0.25) is 5.91 Å². The minimum absolute atomic E-state index is 0.103. The van der Waals surface area contributed by atoms with Crippen LogP contribution in [0.25, 0.3) is 22.3 Å². The third-order valence-electron chi connectivity index (χ3n) is 6.38. The van der Waals surface area contributed by atoms with Gasteiger partial charge >= 0.3 is 0 Å². The molecule has 28 heavy (non-hydrogen) atoms. The average molecular weight is 373 g/mol. The van der Waals surface area contributed by atoms with E-state index in [1.807, 2.05) is 48.5 Å². The largest absolute Gasteiger partial charge is 0.280 e. The maximum atomic E-state index is 13.1. The Balaban J connectivity index is 1.51. The first-order valence-corrected chi connectivity index (χ1v) is 10.1. The number of hydrogen-bond donors (Lipinski definition) is 1. The Hall–Kier alpha value is -2.95. The first-order valence-electron chi connectivity index (χ1n) is 10.1. The molecule has 2 aliphatic rings. The second-order valence-corrected chi connectivity index (χ2v) is 8.13. The molecule has 1 aromatic heterocycles. The predicted molar refractivity (Wildman–Crippen MR) is 109 cm³/mol. The minimum atomic E-state index is -0.245. The van der Waals surface area contributed by atoms with E-state index in [1.54, 1.807) is 6.07 Å². The molecule has 3 unspecified atom stereocenters. The van der Waals surface area contributed by atoms with Gasteiger partial charge in [0, 0.05) is 12.0 Å². The number of nitrogens with one attached hydrogen (secondary N) is 1. The van der Waals surface area contributed by atoms with Crippen molar-refractivity contribution < 1.29 is 4.79 Å². The summed E-state index contributed by atoms with van der Waals surface area (Å²) in [4.78, 5) is 30.6. The van der Waals surface area contributed by atoms with E-state index in [9.17, 15) is 9.59 Å². The highest BCUT2D eigenvalue weighted by Crippen LogP contribution is 2.49. The Morgan fingerprint density at radius 1 is 1.04 bits per heavy atom. The zero-order chi connectivity index (χ0) is 19.1. The van der Waals surface area contributed by atoms with E-state index < -0.39 is 0 Å². The Bertz CT molecular complexity index is 1090.